The second-order valence-corrected chi connectivity index (χ2v) is 8.34. The minimum Gasteiger partial charge on any atom is -0.395 e. The summed E-state index contributed by atoms with van der Waals surface area (Å²) in [5.41, 5.74) is 7.55. The van der Waals surface area contributed by atoms with Gasteiger partial charge in [0.2, 0.25) is 17.8 Å². The Hall–Kier alpha value is -3.55. The van der Waals surface area contributed by atoms with E-state index in [0.29, 0.717) is 80.2 Å². The molecule has 0 saturated carbocycles. The summed E-state index contributed by atoms with van der Waals surface area (Å²) in [5, 5.41) is 21.8. The molecule has 0 aliphatic heterocycles. The Bertz CT molecular complexity index is 1120. The Balaban J connectivity index is 1.54. The highest BCUT2D eigenvalue weighted by Gasteiger charge is 2.09. The number of anilines is 4. The summed E-state index contributed by atoms with van der Waals surface area (Å²) in [6.07, 6.45) is 0. The lowest BCUT2D eigenvalue weighted by atomic mass is 10.2. The van der Waals surface area contributed by atoms with Gasteiger partial charge in [0.25, 0.3) is 5.91 Å². The van der Waals surface area contributed by atoms with Crippen LogP contribution >= 0.6 is 11.6 Å². The number of benzene rings is 2. The summed E-state index contributed by atoms with van der Waals surface area (Å²) in [6.45, 7) is 3.37. The number of carbonyl (C=O) groups is 1. The topological polar surface area (TPSA) is 169 Å². The van der Waals surface area contributed by atoms with Gasteiger partial charge in [-0.25, -0.2) is 0 Å². The van der Waals surface area contributed by atoms with Crippen LogP contribution in [0.15, 0.2) is 48.5 Å². The molecular weight excluding hydrogens is 512 g/mol. The van der Waals surface area contributed by atoms with Gasteiger partial charge >= 0.3 is 0 Å². The lowest BCUT2D eigenvalue weighted by molar-refractivity contribution is 0.0511. The first-order valence-corrected chi connectivity index (χ1v) is 12.5. The third kappa shape index (κ3) is 10.4. The van der Waals surface area contributed by atoms with Crippen molar-refractivity contribution in [2.75, 3.05) is 68.6 Å². The zero-order chi connectivity index (χ0) is 27.0. The van der Waals surface area contributed by atoms with Crippen molar-refractivity contribution in [2.24, 2.45) is 5.73 Å². The number of hydrogen-bond donors (Lipinski definition) is 6. The predicted octanol–water partition coefficient (Wildman–Crippen LogP) is 2.01. The third-order valence-electron chi connectivity index (χ3n) is 4.96. The Morgan fingerprint density at radius 3 is 2.18 bits per heavy atom. The van der Waals surface area contributed by atoms with Gasteiger partial charge in [0, 0.05) is 42.5 Å². The highest BCUT2D eigenvalue weighted by molar-refractivity contribution is 6.30. The third-order valence-corrected chi connectivity index (χ3v) is 5.22. The smallest absolute Gasteiger partial charge is 0.251 e. The van der Waals surface area contributed by atoms with Gasteiger partial charge in [-0.2, -0.15) is 15.0 Å². The van der Waals surface area contributed by atoms with Gasteiger partial charge in [-0.05, 0) is 42.0 Å². The minimum absolute atomic E-state index is 0.0686. The van der Waals surface area contributed by atoms with E-state index in [9.17, 15) is 4.79 Å². The van der Waals surface area contributed by atoms with Gasteiger partial charge in [-0.15, -0.1) is 0 Å². The molecule has 0 fully saturated rings. The fourth-order valence-corrected chi connectivity index (χ4v) is 3.25. The van der Waals surface area contributed by atoms with E-state index < -0.39 is 0 Å². The van der Waals surface area contributed by atoms with Gasteiger partial charge in [0.15, 0.2) is 0 Å². The number of aliphatic hydroxyl groups is 1. The van der Waals surface area contributed by atoms with Crippen LogP contribution in [0.3, 0.4) is 0 Å². The van der Waals surface area contributed by atoms with Crippen LogP contribution in [0.25, 0.3) is 0 Å². The fraction of sp³-hybridized carbons (Fsp3) is 0.360. The molecule has 0 aliphatic carbocycles. The van der Waals surface area contributed by atoms with Crippen LogP contribution in [0.2, 0.25) is 5.02 Å². The maximum absolute atomic E-state index is 12.4. The van der Waals surface area contributed by atoms with Crippen LogP contribution in [-0.2, 0) is 16.0 Å². The molecule has 0 spiro atoms. The standard InChI is InChI=1S/C25H33ClN8O4/c26-20-5-1-18(2-6-20)17-30-24-32-23(29-10-12-35)33-25(34-24)31-21-7-3-19(4-8-21)22(36)28-11-14-38-16-15-37-13-9-27/h1-8,35H,9-17,27H2,(H,28,36)(H3,29,30,31,32,33,34). The number of halogens is 1. The molecule has 0 bridgehead atoms. The maximum atomic E-state index is 12.4. The van der Waals surface area contributed by atoms with E-state index in [1.54, 1.807) is 24.3 Å². The average molecular weight is 545 g/mol. The number of amides is 1. The molecule has 38 heavy (non-hydrogen) atoms. The lowest BCUT2D eigenvalue weighted by Gasteiger charge is -2.12. The van der Waals surface area contributed by atoms with E-state index in [-0.39, 0.29) is 19.1 Å². The molecule has 0 radical (unpaired) electrons. The SMILES string of the molecule is NCCOCCOCCNC(=O)c1ccc(Nc2nc(NCCO)nc(NCc3ccc(Cl)cc3)n2)cc1. The van der Waals surface area contributed by atoms with E-state index in [1.807, 2.05) is 24.3 Å². The zero-order valence-electron chi connectivity index (χ0n) is 21.0. The largest absolute Gasteiger partial charge is 0.395 e. The van der Waals surface area contributed by atoms with Gasteiger partial charge in [0.05, 0.1) is 33.0 Å². The fourth-order valence-electron chi connectivity index (χ4n) is 3.12. The molecule has 204 valence electrons. The number of rotatable bonds is 17. The Labute approximate surface area is 226 Å². The Kier molecular flexibility index (Phi) is 12.5. The highest BCUT2D eigenvalue weighted by atomic mass is 35.5. The van der Waals surface area contributed by atoms with Crippen molar-refractivity contribution in [1.82, 2.24) is 20.3 Å². The Morgan fingerprint density at radius 1 is 0.842 bits per heavy atom. The Morgan fingerprint density at radius 2 is 1.50 bits per heavy atom. The summed E-state index contributed by atoms with van der Waals surface area (Å²) in [7, 11) is 0. The number of nitrogens with zero attached hydrogens (tertiary/aromatic N) is 3. The number of carbonyl (C=O) groups excluding carboxylic acids is 1. The van der Waals surface area contributed by atoms with Crippen molar-refractivity contribution in [2.45, 2.75) is 6.54 Å². The monoisotopic (exact) mass is 544 g/mol. The molecule has 2 aromatic carbocycles. The van der Waals surface area contributed by atoms with Crippen LogP contribution in [0.1, 0.15) is 15.9 Å². The van der Waals surface area contributed by atoms with E-state index in [4.69, 9.17) is 31.9 Å². The summed E-state index contributed by atoms with van der Waals surface area (Å²) < 4.78 is 10.6. The van der Waals surface area contributed by atoms with E-state index in [0.717, 1.165) is 5.56 Å². The van der Waals surface area contributed by atoms with Gasteiger partial charge in [0.1, 0.15) is 0 Å². The quantitative estimate of drug-likeness (QED) is 0.137. The van der Waals surface area contributed by atoms with E-state index in [2.05, 4.69) is 36.2 Å². The normalized spacial score (nSPS) is 10.7. The first kappa shape index (κ1) is 29.0. The number of nitrogens with one attached hydrogen (secondary N) is 4. The van der Waals surface area contributed by atoms with Crippen molar-refractivity contribution >= 4 is 41.0 Å². The van der Waals surface area contributed by atoms with Crippen molar-refractivity contribution in [1.29, 1.82) is 0 Å². The molecular formula is C25H33ClN8O4. The van der Waals surface area contributed by atoms with Gasteiger partial charge < -0.3 is 41.6 Å². The van der Waals surface area contributed by atoms with Crippen LogP contribution in [0.4, 0.5) is 23.5 Å². The van der Waals surface area contributed by atoms with Crippen molar-refractivity contribution in [3.05, 3.63) is 64.7 Å². The molecule has 0 atom stereocenters. The first-order chi connectivity index (χ1) is 18.6. The van der Waals surface area contributed by atoms with E-state index in [1.165, 1.54) is 0 Å². The zero-order valence-corrected chi connectivity index (χ0v) is 21.7. The van der Waals surface area contributed by atoms with Crippen molar-refractivity contribution in [3.8, 4) is 0 Å². The number of aromatic nitrogens is 3. The van der Waals surface area contributed by atoms with Crippen molar-refractivity contribution in [3.63, 3.8) is 0 Å². The summed E-state index contributed by atoms with van der Waals surface area (Å²) in [5.74, 6) is 0.745. The number of aliphatic hydroxyl groups excluding tert-OH is 1. The van der Waals surface area contributed by atoms with Crippen LogP contribution in [0.5, 0.6) is 0 Å². The highest BCUT2D eigenvalue weighted by Crippen LogP contribution is 2.17. The predicted molar refractivity (Wildman–Crippen MR) is 147 cm³/mol. The molecule has 0 saturated heterocycles. The molecule has 3 aromatic rings. The molecule has 1 heterocycles. The summed E-state index contributed by atoms with van der Waals surface area (Å²) in [4.78, 5) is 25.5. The van der Waals surface area contributed by atoms with Crippen LogP contribution < -0.4 is 27.0 Å². The minimum atomic E-state index is -0.205. The van der Waals surface area contributed by atoms with Crippen LogP contribution in [-0.4, -0.2) is 78.6 Å². The average Bonchev–Trinajstić information content (AvgIpc) is 2.93. The summed E-state index contributed by atoms with van der Waals surface area (Å²) >= 11 is 5.95. The van der Waals surface area contributed by atoms with Crippen LogP contribution in [0, 0.1) is 0 Å². The molecule has 1 aromatic heterocycles. The molecule has 12 nitrogen and oxygen atoms in total. The maximum Gasteiger partial charge on any atom is 0.251 e. The molecule has 7 N–H and O–H groups in total. The summed E-state index contributed by atoms with van der Waals surface area (Å²) in [6, 6.07) is 14.3. The van der Waals surface area contributed by atoms with Crippen molar-refractivity contribution < 1.29 is 19.4 Å². The number of ether oxygens (including phenoxy) is 2. The number of nitrogens with two attached hydrogens (primary N) is 1. The second kappa shape index (κ2) is 16.3. The van der Waals surface area contributed by atoms with E-state index >= 15 is 0 Å². The lowest BCUT2D eigenvalue weighted by Crippen LogP contribution is -2.27. The molecule has 0 unspecified atom stereocenters. The first-order valence-electron chi connectivity index (χ1n) is 12.2. The molecule has 1 amide bonds. The molecule has 0 aliphatic rings. The molecule has 13 heteroatoms. The second-order valence-electron chi connectivity index (χ2n) is 7.91. The molecule has 3 rings (SSSR count). The van der Waals surface area contributed by atoms with Gasteiger partial charge in [-0.1, -0.05) is 23.7 Å². The van der Waals surface area contributed by atoms with Gasteiger partial charge in [-0.3, -0.25) is 4.79 Å². The number of hydrogen-bond acceptors (Lipinski definition) is 11.